The third kappa shape index (κ3) is 6.49. The summed E-state index contributed by atoms with van der Waals surface area (Å²) in [5, 5.41) is 15.3. The number of aryl methyl sites for hydroxylation is 1. The molecule has 10 heteroatoms. The number of hydrogen-bond acceptors (Lipinski definition) is 6. The molecule has 0 saturated heterocycles. The number of amides is 2. The predicted octanol–water partition coefficient (Wildman–Crippen LogP) is 3.66. The van der Waals surface area contributed by atoms with Gasteiger partial charge in [-0.05, 0) is 24.1 Å². The number of halogens is 2. The van der Waals surface area contributed by atoms with Crippen LogP contribution in [0.2, 0.25) is 10.0 Å². The average molecular weight is 403 g/mol. The number of esters is 1. The Bertz CT molecular complexity index is 754. The summed E-state index contributed by atoms with van der Waals surface area (Å²) in [5.41, 5.74) is 0.752. The van der Waals surface area contributed by atoms with Gasteiger partial charge in [0.05, 0.1) is 7.11 Å². The van der Waals surface area contributed by atoms with E-state index in [0.29, 0.717) is 34.4 Å². The first kappa shape index (κ1) is 19.4. The number of anilines is 1. The van der Waals surface area contributed by atoms with Gasteiger partial charge in [-0.3, -0.25) is 10.1 Å². The van der Waals surface area contributed by atoms with Crippen LogP contribution in [0.5, 0.6) is 0 Å². The first-order valence-electron chi connectivity index (χ1n) is 7.36. The molecule has 1 aromatic carbocycles. The monoisotopic (exact) mass is 402 g/mol. The Hall–Kier alpha value is -1.90. The maximum Gasteiger partial charge on any atom is 0.321 e. The topological polar surface area (TPSA) is 93.2 Å². The molecule has 0 saturated carbocycles. The van der Waals surface area contributed by atoms with Crippen molar-refractivity contribution in [1.82, 2.24) is 15.5 Å². The van der Waals surface area contributed by atoms with E-state index in [1.54, 1.807) is 18.2 Å². The zero-order valence-electron chi connectivity index (χ0n) is 13.3. The summed E-state index contributed by atoms with van der Waals surface area (Å²) in [6.07, 6.45) is 1.53. The maximum absolute atomic E-state index is 11.9. The van der Waals surface area contributed by atoms with Crippen LogP contribution in [0.25, 0.3) is 0 Å². The quantitative estimate of drug-likeness (QED) is 0.689. The lowest BCUT2D eigenvalue weighted by atomic mass is 10.2. The summed E-state index contributed by atoms with van der Waals surface area (Å²) < 4.78 is 4.57. The molecular weight excluding hydrogens is 387 g/mol. The van der Waals surface area contributed by atoms with Gasteiger partial charge in [0.25, 0.3) is 0 Å². The minimum atomic E-state index is -0.414. The first-order valence-corrected chi connectivity index (χ1v) is 8.93. The Balaban J connectivity index is 1.78. The van der Waals surface area contributed by atoms with Crippen LogP contribution >= 0.6 is 34.5 Å². The molecule has 2 N–H and O–H groups in total. The third-order valence-electron chi connectivity index (χ3n) is 3.14. The van der Waals surface area contributed by atoms with Crippen molar-refractivity contribution >= 4 is 51.7 Å². The molecule has 2 rings (SSSR count). The molecule has 2 amide bonds. The van der Waals surface area contributed by atoms with E-state index < -0.39 is 6.03 Å². The van der Waals surface area contributed by atoms with Crippen LogP contribution in [0.1, 0.15) is 23.4 Å². The Morgan fingerprint density at radius 1 is 1.28 bits per heavy atom. The molecule has 25 heavy (non-hydrogen) atoms. The Morgan fingerprint density at radius 3 is 2.80 bits per heavy atom. The zero-order chi connectivity index (χ0) is 18.2. The van der Waals surface area contributed by atoms with Crippen molar-refractivity contribution in [3.05, 3.63) is 38.8 Å². The van der Waals surface area contributed by atoms with Gasteiger partial charge in [-0.25, -0.2) is 4.79 Å². The number of nitrogens with one attached hydrogen (secondary N) is 2. The number of carbonyl (C=O) groups excluding carboxylic acids is 2. The Labute approximate surface area is 158 Å². The van der Waals surface area contributed by atoms with Crippen molar-refractivity contribution in [3.63, 3.8) is 0 Å². The van der Waals surface area contributed by atoms with Gasteiger partial charge in [0.15, 0.2) is 0 Å². The molecule has 134 valence electrons. The van der Waals surface area contributed by atoms with Crippen molar-refractivity contribution in [1.29, 1.82) is 0 Å². The zero-order valence-corrected chi connectivity index (χ0v) is 15.7. The lowest BCUT2D eigenvalue weighted by molar-refractivity contribution is -0.140. The average Bonchev–Trinajstić information content (AvgIpc) is 3.01. The van der Waals surface area contributed by atoms with Crippen LogP contribution < -0.4 is 10.6 Å². The standard InChI is InChI=1S/C15H16Cl2N4O3S/c1-24-13(22)4-2-3-12-20-21-15(25-12)19-14(23)18-8-9-5-6-10(16)7-11(9)17/h5-7H,2-4,8H2,1H3,(H2,18,19,21,23). The summed E-state index contributed by atoms with van der Waals surface area (Å²) in [7, 11) is 1.35. The second-order valence-electron chi connectivity index (χ2n) is 4.97. The van der Waals surface area contributed by atoms with Crippen LogP contribution in [-0.2, 0) is 22.5 Å². The molecule has 0 bridgehead atoms. The highest BCUT2D eigenvalue weighted by Crippen LogP contribution is 2.21. The van der Waals surface area contributed by atoms with Gasteiger partial charge < -0.3 is 10.1 Å². The summed E-state index contributed by atoms with van der Waals surface area (Å²) in [4.78, 5) is 22.9. The number of methoxy groups -OCH3 is 1. The number of carbonyl (C=O) groups is 2. The van der Waals surface area contributed by atoms with Crippen LogP contribution in [0.15, 0.2) is 18.2 Å². The van der Waals surface area contributed by atoms with E-state index in [1.807, 2.05) is 0 Å². The number of aromatic nitrogens is 2. The van der Waals surface area contributed by atoms with E-state index in [1.165, 1.54) is 18.4 Å². The van der Waals surface area contributed by atoms with E-state index in [0.717, 1.165) is 10.6 Å². The highest BCUT2D eigenvalue weighted by Gasteiger charge is 2.10. The van der Waals surface area contributed by atoms with E-state index in [2.05, 4.69) is 25.6 Å². The smallest absolute Gasteiger partial charge is 0.321 e. The van der Waals surface area contributed by atoms with Crippen LogP contribution in [0.4, 0.5) is 9.93 Å². The largest absolute Gasteiger partial charge is 0.469 e. The minimum absolute atomic E-state index is 0.257. The number of benzene rings is 1. The number of hydrogen-bond donors (Lipinski definition) is 2. The van der Waals surface area contributed by atoms with E-state index >= 15 is 0 Å². The second kappa shape index (κ2) is 9.55. The molecule has 1 heterocycles. The molecule has 7 nitrogen and oxygen atoms in total. The maximum atomic E-state index is 11.9. The molecule has 2 aromatic rings. The molecular formula is C15H16Cl2N4O3S. The molecule has 0 unspecified atom stereocenters. The molecule has 0 atom stereocenters. The molecule has 0 aliphatic carbocycles. The fraction of sp³-hybridized carbons (Fsp3) is 0.333. The summed E-state index contributed by atoms with van der Waals surface area (Å²) in [5.74, 6) is -0.261. The number of rotatable bonds is 7. The molecule has 0 aliphatic rings. The molecule has 0 aliphatic heterocycles. The van der Waals surface area contributed by atoms with Gasteiger partial charge in [0.1, 0.15) is 5.01 Å². The van der Waals surface area contributed by atoms with Gasteiger partial charge in [-0.15, -0.1) is 10.2 Å². The van der Waals surface area contributed by atoms with Gasteiger partial charge in [-0.2, -0.15) is 0 Å². The highest BCUT2D eigenvalue weighted by molar-refractivity contribution is 7.15. The summed E-state index contributed by atoms with van der Waals surface area (Å²) >= 11 is 13.1. The third-order valence-corrected chi connectivity index (χ3v) is 4.63. The number of urea groups is 1. The second-order valence-corrected chi connectivity index (χ2v) is 6.88. The van der Waals surface area contributed by atoms with Crippen molar-refractivity contribution in [2.75, 3.05) is 12.4 Å². The minimum Gasteiger partial charge on any atom is -0.469 e. The molecule has 0 fully saturated rings. The van der Waals surface area contributed by atoms with Gasteiger partial charge in [-0.1, -0.05) is 40.6 Å². The van der Waals surface area contributed by atoms with Gasteiger partial charge in [0, 0.05) is 29.4 Å². The van der Waals surface area contributed by atoms with Crippen LogP contribution in [0.3, 0.4) is 0 Å². The Morgan fingerprint density at radius 2 is 2.08 bits per heavy atom. The number of ether oxygens (including phenoxy) is 1. The van der Waals surface area contributed by atoms with Crippen molar-refractivity contribution < 1.29 is 14.3 Å². The van der Waals surface area contributed by atoms with Gasteiger partial charge >= 0.3 is 12.0 Å². The lowest BCUT2D eigenvalue weighted by Gasteiger charge is -2.07. The fourth-order valence-corrected chi connectivity index (χ4v) is 3.12. The normalized spacial score (nSPS) is 10.4. The molecule has 0 radical (unpaired) electrons. The van der Waals surface area contributed by atoms with Crippen molar-refractivity contribution in [2.45, 2.75) is 25.8 Å². The van der Waals surface area contributed by atoms with Crippen molar-refractivity contribution in [3.8, 4) is 0 Å². The number of nitrogens with zero attached hydrogens (tertiary/aromatic N) is 2. The van der Waals surface area contributed by atoms with Gasteiger partial charge in [0.2, 0.25) is 5.13 Å². The fourth-order valence-electron chi connectivity index (χ4n) is 1.87. The van der Waals surface area contributed by atoms with E-state index in [-0.39, 0.29) is 12.5 Å². The lowest BCUT2D eigenvalue weighted by Crippen LogP contribution is -2.28. The SMILES string of the molecule is COC(=O)CCCc1nnc(NC(=O)NCc2ccc(Cl)cc2Cl)s1. The van der Waals surface area contributed by atoms with E-state index in [4.69, 9.17) is 23.2 Å². The summed E-state index contributed by atoms with van der Waals surface area (Å²) in [6, 6.07) is 4.65. The first-order chi connectivity index (χ1) is 12.0. The predicted molar refractivity (Wildman–Crippen MR) is 97.2 cm³/mol. The molecule has 1 aromatic heterocycles. The van der Waals surface area contributed by atoms with Crippen LogP contribution in [-0.4, -0.2) is 29.3 Å². The summed E-state index contributed by atoms with van der Waals surface area (Å²) in [6.45, 7) is 0.257. The highest BCUT2D eigenvalue weighted by atomic mass is 35.5. The van der Waals surface area contributed by atoms with Crippen LogP contribution in [0, 0.1) is 0 Å². The molecule has 0 spiro atoms. The Kier molecular flexibility index (Phi) is 7.42. The van der Waals surface area contributed by atoms with E-state index in [9.17, 15) is 9.59 Å². The van der Waals surface area contributed by atoms with Crippen molar-refractivity contribution in [2.24, 2.45) is 0 Å².